The van der Waals surface area contributed by atoms with E-state index in [1.54, 1.807) is 6.07 Å². The Bertz CT molecular complexity index is 556. The average molecular weight is 332 g/mol. The van der Waals surface area contributed by atoms with Gasteiger partial charge in [-0.3, -0.25) is 9.59 Å². The fourth-order valence-electron chi connectivity index (χ4n) is 2.20. The van der Waals surface area contributed by atoms with Gasteiger partial charge in [0.1, 0.15) is 11.9 Å². The number of nitrogens with one attached hydrogen (secondary N) is 1. The molecule has 1 aliphatic heterocycles. The number of ether oxygens (including phenoxy) is 1. The molecule has 0 radical (unpaired) electrons. The molecular weight excluding hydrogens is 313 g/mol. The molecule has 1 aliphatic rings. The Balaban J connectivity index is 0.00000242. The Hall–Kier alpha value is -1.70. The Morgan fingerprint density at radius 3 is 2.82 bits per heavy atom. The first-order valence-electron chi connectivity index (χ1n) is 6.68. The largest absolute Gasteiger partial charge is 0.383 e. The van der Waals surface area contributed by atoms with Crippen LogP contribution in [0.15, 0.2) is 18.2 Å². The summed E-state index contributed by atoms with van der Waals surface area (Å²) >= 11 is 0. The molecule has 8 heteroatoms. The van der Waals surface area contributed by atoms with Gasteiger partial charge in [0.05, 0.1) is 12.3 Å². The maximum absolute atomic E-state index is 14.1. The van der Waals surface area contributed by atoms with Crippen LogP contribution in [0.1, 0.15) is 12.8 Å². The number of nitrogens with two attached hydrogens (primary N) is 1. The Morgan fingerprint density at radius 2 is 2.27 bits per heavy atom. The molecule has 0 aliphatic carbocycles. The zero-order chi connectivity index (χ0) is 15.4. The van der Waals surface area contributed by atoms with Gasteiger partial charge < -0.3 is 20.7 Å². The molecule has 1 aromatic carbocycles. The minimum absolute atomic E-state index is 0. The van der Waals surface area contributed by atoms with Gasteiger partial charge in [-0.15, -0.1) is 12.4 Å². The van der Waals surface area contributed by atoms with Crippen LogP contribution in [0.2, 0.25) is 0 Å². The summed E-state index contributed by atoms with van der Waals surface area (Å²) in [6.45, 7) is 0.592. The van der Waals surface area contributed by atoms with Crippen molar-refractivity contribution in [1.82, 2.24) is 0 Å². The van der Waals surface area contributed by atoms with Crippen LogP contribution in [-0.2, 0) is 14.3 Å². The van der Waals surface area contributed by atoms with E-state index in [1.807, 2.05) is 0 Å². The van der Waals surface area contributed by atoms with Crippen molar-refractivity contribution in [1.29, 1.82) is 0 Å². The zero-order valence-corrected chi connectivity index (χ0v) is 13.0. The molecule has 1 aromatic rings. The van der Waals surface area contributed by atoms with Crippen molar-refractivity contribution < 1.29 is 18.7 Å². The number of carbonyl (C=O) groups excluding carboxylic acids is 2. The van der Waals surface area contributed by atoms with Crippen LogP contribution in [0.3, 0.4) is 0 Å². The van der Waals surface area contributed by atoms with Crippen LogP contribution in [0, 0.1) is 5.82 Å². The fraction of sp³-hybridized carbons (Fsp3) is 0.429. The second-order valence-corrected chi connectivity index (χ2v) is 4.87. The normalized spacial score (nSPS) is 15.4. The molecule has 2 rings (SSSR count). The molecule has 1 heterocycles. The van der Waals surface area contributed by atoms with Gasteiger partial charge in [-0.1, -0.05) is 0 Å². The van der Waals surface area contributed by atoms with E-state index in [0.29, 0.717) is 18.7 Å². The maximum Gasteiger partial charge on any atom is 0.243 e. The van der Waals surface area contributed by atoms with Gasteiger partial charge >= 0.3 is 0 Å². The van der Waals surface area contributed by atoms with Gasteiger partial charge in [-0.2, -0.15) is 0 Å². The van der Waals surface area contributed by atoms with E-state index in [-0.39, 0.29) is 30.6 Å². The van der Waals surface area contributed by atoms with Gasteiger partial charge in [0.2, 0.25) is 11.8 Å². The van der Waals surface area contributed by atoms with Crippen molar-refractivity contribution >= 4 is 35.6 Å². The Labute approximate surface area is 134 Å². The number of carbonyl (C=O) groups is 2. The summed E-state index contributed by atoms with van der Waals surface area (Å²) in [5.74, 6) is -1.10. The van der Waals surface area contributed by atoms with Crippen molar-refractivity contribution in [3.05, 3.63) is 24.0 Å². The molecule has 0 saturated carbocycles. The highest BCUT2D eigenvalue weighted by atomic mass is 35.5. The first-order valence-corrected chi connectivity index (χ1v) is 6.68. The van der Waals surface area contributed by atoms with E-state index in [4.69, 9.17) is 10.5 Å². The molecule has 3 N–H and O–H groups in total. The third-order valence-corrected chi connectivity index (χ3v) is 3.26. The molecule has 0 bridgehead atoms. The standard InChI is InChI=1S/C14H18FN3O3.ClH/c1-21-8-11(16)14(20)17-9-4-5-12(10(15)7-9)18-6-2-3-13(18)19;/h4-5,7,11H,2-3,6,8,16H2,1H3,(H,17,20);1H. The summed E-state index contributed by atoms with van der Waals surface area (Å²) < 4.78 is 18.9. The first kappa shape index (κ1) is 18.3. The second-order valence-electron chi connectivity index (χ2n) is 4.87. The van der Waals surface area contributed by atoms with E-state index in [9.17, 15) is 14.0 Å². The monoisotopic (exact) mass is 331 g/mol. The summed E-state index contributed by atoms with van der Waals surface area (Å²) in [5, 5.41) is 2.51. The lowest BCUT2D eigenvalue weighted by molar-refractivity contribution is -0.118. The van der Waals surface area contributed by atoms with Crippen molar-refractivity contribution in [2.75, 3.05) is 30.5 Å². The highest BCUT2D eigenvalue weighted by Crippen LogP contribution is 2.26. The van der Waals surface area contributed by atoms with Crippen molar-refractivity contribution in [3.8, 4) is 0 Å². The van der Waals surface area contributed by atoms with Crippen LogP contribution >= 0.6 is 12.4 Å². The van der Waals surface area contributed by atoms with Gasteiger partial charge in [-0.05, 0) is 24.6 Å². The number of hydrogen-bond acceptors (Lipinski definition) is 4. The van der Waals surface area contributed by atoms with E-state index < -0.39 is 17.8 Å². The van der Waals surface area contributed by atoms with Gasteiger partial charge in [0, 0.05) is 25.8 Å². The van der Waals surface area contributed by atoms with Gasteiger partial charge in [-0.25, -0.2) is 4.39 Å². The predicted molar refractivity (Wildman–Crippen MR) is 83.7 cm³/mol. The van der Waals surface area contributed by atoms with Crippen LogP contribution in [-0.4, -0.2) is 38.1 Å². The number of hydrogen-bond donors (Lipinski definition) is 2. The molecule has 122 valence electrons. The summed E-state index contributed by atoms with van der Waals surface area (Å²) in [6.07, 6.45) is 1.16. The van der Waals surface area contributed by atoms with Gasteiger partial charge in [0.15, 0.2) is 0 Å². The van der Waals surface area contributed by atoms with Crippen molar-refractivity contribution in [3.63, 3.8) is 0 Å². The highest BCUT2D eigenvalue weighted by Gasteiger charge is 2.24. The molecule has 1 atom stereocenters. The summed E-state index contributed by atoms with van der Waals surface area (Å²) in [7, 11) is 1.44. The minimum atomic E-state index is -0.821. The second kappa shape index (κ2) is 8.07. The smallest absolute Gasteiger partial charge is 0.243 e. The van der Waals surface area contributed by atoms with E-state index in [0.717, 1.165) is 6.42 Å². The lowest BCUT2D eigenvalue weighted by Gasteiger charge is -2.17. The third kappa shape index (κ3) is 4.16. The van der Waals surface area contributed by atoms with Crippen molar-refractivity contribution in [2.24, 2.45) is 5.73 Å². The zero-order valence-electron chi connectivity index (χ0n) is 12.2. The Morgan fingerprint density at radius 1 is 1.55 bits per heavy atom. The molecule has 22 heavy (non-hydrogen) atoms. The molecule has 2 amide bonds. The third-order valence-electron chi connectivity index (χ3n) is 3.26. The summed E-state index contributed by atoms with van der Waals surface area (Å²) in [5.41, 5.74) is 6.10. The number of benzene rings is 1. The molecule has 0 aromatic heterocycles. The lowest BCUT2D eigenvalue weighted by Crippen LogP contribution is -2.39. The first-order chi connectivity index (χ1) is 10.0. The molecule has 0 spiro atoms. The van der Waals surface area contributed by atoms with Crippen LogP contribution in [0.25, 0.3) is 0 Å². The molecule has 6 nitrogen and oxygen atoms in total. The lowest BCUT2D eigenvalue weighted by atomic mass is 10.2. The molecular formula is C14H19ClFN3O3. The van der Waals surface area contributed by atoms with Crippen LogP contribution in [0.5, 0.6) is 0 Å². The molecule has 1 fully saturated rings. The summed E-state index contributed by atoms with van der Waals surface area (Å²) in [6, 6.07) is 3.38. The number of anilines is 2. The van der Waals surface area contributed by atoms with E-state index >= 15 is 0 Å². The molecule has 1 saturated heterocycles. The van der Waals surface area contributed by atoms with E-state index in [1.165, 1.54) is 24.1 Å². The summed E-state index contributed by atoms with van der Waals surface area (Å²) in [4.78, 5) is 24.7. The Kier molecular flexibility index (Phi) is 6.73. The topological polar surface area (TPSA) is 84.7 Å². The number of rotatable bonds is 5. The highest BCUT2D eigenvalue weighted by molar-refractivity contribution is 5.97. The number of halogens is 2. The number of amides is 2. The SMILES string of the molecule is COCC(N)C(=O)Nc1ccc(N2CCCC2=O)c(F)c1.Cl. The predicted octanol–water partition coefficient (Wildman–Crippen LogP) is 1.29. The average Bonchev–Trinajstić information content (AvgIpc) is 2.85. The maximum atomic E-state index is 14.1. The van der Waals surface area contributed by atoms with Crippen molar-refractivity contribution in [2.45, 2.75) is 18.9 Å². The van der Waals surface area contributed by atoms with Crippen LogP contribution in [0.4, 0.5) is 15.8 Å². The van der Waals surface area contributed by atoms with Gasteiger partial charge in [0.25, 0.3) is 0 Å². The van der Waals surface area contributed by atoms with E-state index in [2.05, 4.69) is 5.32 Å². The van der Waals surface area contributed by atoms with Crippen LogP contribution < -0.4 is 16.0 Å². The number of nitrogens with zero attached hydrogens (tertiary/aromatic N) is 1. The minimum Gasteiger partial charge on any atom is -0.383 e. The number of methoxy groups -OCH3 is 1. The molecule has 1 unspecified atom stereocenters. The fourth-order valence-corrected chi connectivity index (χ4v) is 2.20. The quantitative estimate of drug-likeness (QED) is 0.851.